The van der Waals surface area contributed by atoms with Gasteiger partial charge in [-0.2, -0.15) is 17.0 Å². The summed E-state index contributed by atoms with van der Waals surface area (Å²) in [7, 11) is -2.00. The number of piperazine rings is 1. The number of amides is 1. The van der Waals surface area contributed by atoms with Gasteiger partial charge >= 0.3 is 6.09 Å². The molecule has 2 fully saturated rings. The number of carbonyl (C=O) groups excluding carboxylic acids is 1. The van der Waals surface area contributed by atoms with Crippen LogP contribution in [0.1, 0.15) is 18.9 Å². The predicted molar refractivity (Wildman–Crippen MR) is 89.5 cm³/mol. The first kappa shape index (κ1) is 17.2. The Hall–Kier alpha value is -1.64. The van der Waals surface area contributed by atoms with Crippen molar-refractivity contribution >= 4 is 16.3 Å². The van der Waals surface area contributed by atoms with E-state index < -0.39 is 15.7 Å². The molecule has 1 amide bonds. The van der Waals surface area contributed by atoms with Gasteiger partial charge in [-0.3, -0.25) is 4.90 Å². The Balaban J connectivity index is 1.76. The highest BCUT2D eigenvalue weighted by atomic mass is 32.2. The standard InChI is InChI=1S/C16H23N3O4S/c1-3-16-12-18(9-10-19(16)15(20)23-13-16)24(21,22)17(2)11-14-7-5-4-6-8-14/h4-8H,3,9-13H2,1-2H3. The van der Waals surface area contributed by atoms with Crippen LogP contribution in [-0.2, 0) is 21.5 Å². The predicted octanol–water partition coefficient (Wildman–Crippen LogP) is 1.28. The molecular formula is C16H23N3O4S. The lowest BCUT2D eigenvalue weighted by Crippen LogP contribution is -2.63. The molecule has 1 aromatic carbocycles. The second kappa shape index (κ2) is 6.34. The molecule has 0 saturated carbocycles. The molecule has 1 atom stereocenters. The van der Waals surface area contributed by atoms with E-state index in [0.717, 1.165) is 5.56 Å². The number of cyclic esters (lactones) is 1. The summed E-state index contributed by atoms with van der Waals surface area (Å²) < 4.78 is 33.8. The van der Waals surface area contributed by atoms with Gasteiger partial charge in [0.1, 0.15) is 6.61 Å². The number of fused-ring (bicyclic) bond motifs is 1. The minimum atomic E-state index is -3.59. The number of nitrogens with zero attached hydrogens (tertiary/aromatic N) is 3. The van der Waals surface area contributed by atoms with Crippen LogP contribution in [0.3, 0.4) is 0 Å². The van der Waals surface area contributed by atoms with E-state index in [-0.39, 0.29) is 25.8 Å². The zero-order chi connectivity index (χ0) is 17.4. The Morgan fingerprint density at radius 3 is 2.62 bits per heavy atom. The molecule has 24 heavy (non-hydrogen) atoms. The third-order valence-electron chi connectivity index (χ3n) is 4.93. The smallest absolute Gasteiger partial charge is 0.410 e. The minimum absolute atomic E-state index is 0.247. The van der Waals surface area contributed by atoms with Crippen molar-refractivity contribution in [2.24, 2.45) is 0 Å². The van der Waals surface area contributed by atoms with E-state index in [1.54, 1.807) is 11.9 Å². The second-order valence-electron chi connectivity index (χ2n) is 6.37. The Labute approximate surface area is 143 Å². The van der Waals surface area contributed by atoms with Gasteiger partial charge in [-0.05, 0) is 12.0 Å². The van der Waals surface area contributed by atoms with Gasteiger partial charge in [-0.25, -0.2) is 4.79 Å². The van der Waals surface area contributed by atoms with E-state index >= 15 is 0 Å². The number of hydrogen-bond acceptors (Lipinski definition) is 4. The summed E-state index contributed by atoms with van der Waals surface area (Å²) in [4.78, 5) is 13.5. The molecule has 1 aromatic rings. The Morgan fingerprint density at radius 1 is 1.25 bits per heavy atom. The first-order valence-corrected chi connectivity index (χ1v) is 9.48. The zero-order valence-electron chi connectivity index (χ0n) is 14.0. The third kappa shape index (κ3) is 2.89. The Morgan fingerprint density at radius 2 is 1.96 bits per heavy atom. The average molecular weight is 353 g/mol. The SMILES string of the molecule is CCC12COC(=O)N1CCN(S(=O)(=O)N(C)Cc1ccccc1)C2. The Bertz CT molecular complexity index is 709. The van der Waals surface area contributed by atoms with Crippen molar-refractivity contribution in [1.29, 1.82) is 0 Å². The molecule has 2 aliphatic heterocycles. The van der Waals surface area contributed by atoms with Crippen LogP contribution in [0.5, 0.6) is 0 Å². The van der Waals surface area contributed by atoms with Crippen LogP contribution in [0, 0.1) is 0 Å². The summed E-state index contributed by atoms with van der Waals surface area (Å²) in [6.45, 7) is 3.45. The highest BCUT2D eigenvalue weighted by Crippen LogP contribution is 2.33. The summed E-state index contributed by atoms with van der Waals surface area (Å²) in [6, 6.07) is 9.49. The maximum absolute atomic E-state index is 12.9. The first-order valence-electron chi connectivity index (χ1n) is 8.09. The van der Waals surface area contributed by atoms with E-state index in [2.05, 4.69) is 0 Å². The monoisotopic (exact) mass is 353 g/mol. The molecule has 0 bridgehead atoms. The van der Waals surface area contributed by atoms with Crippen molar-refractivity contribution in [3.63, 3.8) is 0 Å². The van der Waals surface area contributed by atoms with Crippen molar-refractivity contribution in [1.82, 2.24) is 13.5 Å². The van der Waals surface area contributed by atoms with Gasteiger partial charge < -0.3 is 4.74 Å². The van der Waals surface area contributed by atoms with E-state index in [0.29, 0.717) is 19.5 Å². The molecule has 7 nitrogen and oxygen atoms in total. The fourth-order valence-corrected chi connectivity index (χ4v) is 4.77. The number of benzene rings is 1. The highest BCUT2D eigenvalue weighted by molar-refractivity contribution is 7.86. The summed E-state index contributed by atoms with van der Waals surface area (Å²) in [6.07, 6.45) is 0.319. The number of carbonyl (C=O) groups is 1. The third-order valence-corrected chi connectivity index (χ3v) is 6.81. The van der Waals surface area contributed by atoms with Crippen LogP contribution in [0.4, 0.5) is 4.79 Å². The van der Waals surface area contributed by atoms with E-state index in [1.807, 2.05) is 37.3 Å². The fraction of sp³-hybridized carbons (Fsp3) is 0.562. The first-order chi connectivity index (χ1) is 11.4. The van der Waals surface area contributed by atoms with Gasteiger partial charge in [0.05, 0.1) is 5.54 Å². The maximum atomic E-state index is 12.9. The molecule has 2 aliphatic rings. The van der Waals surface area contributed by atoms with Gasteiger partial charge in [0.2, 0.25) is 0 Å². The topological polar surface area (TPSA) is 70.2 Å². The van der Waals surface area contributed by atoms with Crippen molar-refractivity contribution in [3.05, 3.63) is 35.9 Å². The van der Waals surface area contributed by atoms with Crippen molar-refractivity contribution in [2.75, 3.05) is 33.3 Å². The van der Waals surface area contributed by atoms with E-state index in [9.17, 15) is 13.2 Å². The lowest BCUT2D eigenvalue weighted by atomic mass is 9.94. The Kier molecular flexibility index (Phi) is 4.54. The summed E-state index contributed by atoms with van der Waals surface area (Å²) in [5.41, 5.74) is 0.391. The van der Waals surface area contributed by atoms with Crippen LogP contribution >= 0.6 is 0 Å². The number of rotatable bonds is 5. The largest absolute Gasteiger partial charge is 0.447 e. The van der Waals surface area contributed by atoms with Crippen molar-refractivity contribution in [3.8, 4) is 0 Å². The number of hydrogen-bond donors (Lipinski definition) is 0. The molecule has 2 saturated heterocycles. The van der Waals surface area contributed by atoms with Crippen LogP contribution in [0.15, 0.2) is 30.3 Å². The second-order valence-corrected chi connectivity index (χ2v) is 8.40. The maximum Gasteiger partial charge on any atom is 0.410 e. The fourth-order valence-electron chi connectivity index (χ4n) is 3.34. The summed E-state index contributed by atoms with van der Waals surface area (Å²) in [5, 5.41) is 0. The summed E-state index contributed by atoms with van der Waals surface area (Å²) in [5.74, 6) is 0. The van der Waals surface area contributed by atoms with Crippen LogP contribution in [0.25, 0.3) is 0 Å². The van der Waals surface area contributed by atoms with Gasteiger partial charge in [0, 0.05) is 33.2 Å². The number of ether oxygens (including phenoxy) is 1. The average Bonchev–Trinajstić information content (AvgIpc) is 2.93. The molecule has 1 unspecified atom stereocenters. The highest BCUT2D eigenvalue weighted by Gasteiger charge is 2.51. The molecular weight excluding hydrogens is 330 g/mol. The molecule has 0 aliphatic carbocycles. The summed E-state index contributed by atoms with van der Waals surface area (Å²) >= 11 is 0. The molecule has 132 valence electrons. The molecule has 3 rings (SSSR count). The molecule has 0 radical (unpaired) electrons. The lowest BCUT2D eigenvalue weighted by molar-refractivity contribution is 0.0855. The van der Waals surface area contributed by atoms with Gasteiger partial charge in [-0.15, -0.1) is 0 Å². The molecule has 2 heterocycles. The molecule has 0 N–H and O–H groups in total. The zero-order valence-corrected chi connectivity index (χ0v) is 14.8. The molecule has 0 aromatic heterocycles. The lowest BCUT2D eigenvalue weighted by Gasteiger charge is -2.44. The normalized spacial score (nSPS) is 25.0. The van der Waals surface area contributed by atoms with Gasteiger partial charge in [0.15, 0.2) is 0 Å². The van der Waals surface area contributed by atoms with Crippen molar-refractivity contribution in [2.45, 2.75) is 25.4 Å². The quantitative estimate of drug-likeness (QED) is 0.800. The van der Waals surface area contributed by atoms with Crippen LogP contribution < -0.4 is 0 Å². The molecule has 0 spiro atoms. The molecule has 8 heteroatoms. The minimum Gasteiger partial charge on any atom is -0.447 e. The van der Waals surface area contributed by atoms with Crippen LogP contribution in [0.2, 0.25) is 0 Å². The van der Waals surface area contributed by atoms with Crippen molar-refractivity contribution < 1.29 is 17.9 Å². The van der Waals surface area contributed by atoms with Crippen LogP contribution in [-0.4, -0.2) is 66.8 Å². The van der Waals surface area contributed by atoms with E-state index in [4.69, 9.17) is 4.74 Å². The van der Waals surface area contributed by atoms with Gasteiger partial charge in [0.25, 0.3) is 10.2 Å². The van der Waals surface area contributed by atoms with E-state index in [1.165, 1.54) is 8.61 Å². The van der Waals surface area contributed by atoms with Gasteiger partial charge in [-0.1, -0.05) is 37.3 Å².